The van der Waals surface area contributed by atoms with E-state index in [0.717, 1.165) is 16.7 Å². The highest BCUT2D eigenvalue weighted by atomic mass is 16.5. The lowest BCUT2D eigenvalue weighted by atomic mass is 9.94. The number of anilines is 1. The lowest BCUT2D eigenvalue weighted by Gasteiger charge is -2.35. The Kier molecular flexibility index (Phi) is 9.86. The molecule has 3 amide bonds. The van der Waals surface area contributed by atoms with Crippen LogP contribution in [-0.2, 0) is 11.3 Å². The fraction of sp³-hybridized carbons (Fsp3) is 0.375. The number of rotatable bonds is 7. The number of benzene rings is 3. The zero-order valence-electron chi connectivity index (χ0n) is 24.3. The van der Waals surface area contributed by atoms with Crippen molar-refractivity contribution >= 4 is 17.6 Å². The number of hydrogen-bond donors (Lipinski definition) is 2. The third kappa shape index (κ3) is 6.81. The number of ether oxygens (including phenoxy) is 3. The van der Waals surface area contributed by atoms with Crippen molar-refractivity contribution in [3.05, 3.63) is 77.9 Å². The molecule has 0 aliphatic carbocycles. The normalized spacial score (nSPS) is 17.9. The molecule has 0 spiro atoms. The number of carbonyl (C=O) groups excluding carboxylic acids is 2. The number of aliphatic hydroxyl groups excluding tert-OH is 1. The Morgan fingerprint density at radius 3 is 2.44 bits per heavy atom. The predicted molar refractivity (Wildman–Crippen MR) is 158 cm³/mol. The van der Waals surface area contributed by atoms with E-state index in [4.69, 9.17) is 14.2 Å². The summed E-state index contributed by atoms with van der Waals surface area (Å²) >= 11 is 0. The van der Waals surface area contributed by atoms with Gasteiger partial charge in [-0.05, 0) is 41.8 Å². The molecule has 9 nitrogen and oxygen atoms in total. The molecular weight excluding hydrogens is 522 g/mol. The second-order valence-electron chi connectivity index (χ2n) is 10.4. The van der Waals surface area contributed by atoms with Crippen LogP contribution in [0.15, 0.2) is 66.7 Å². The molecule has 0 unspecified atom stereocenters. The highest BCUT2D eigenvalue weighted by Crippen LogP contribution is 2.32. The summed E-state index contributed by atoms with van der Waals surface area (Å²) < 4.78 is 17.2. The number of methoxy groups -OCH3 is 2. The van der Waals surface area contributed by atoms with E-state index in [-0.39, 0.29) is 31.0 Å². The highest BCUT2D eigenvalue weighted by molar-refractivity contribution is 6.01. The number of nitrogens with zero attached hydrogens (tertiary/aromatic N) is 2. The molecule has 0 radical (unpaired) electrons. The summed E-state index contributed by atoms with van der Waals surface area (Å²) in [6.07, 6.45) is -0.404. The summed E-state index contributed by atoms with van der Waals surface area (Å²) in [6, 6.07) is 19.9. The summed E-state index contributed by atoms with van der Waals surface area (Å²) in [5.74, 6) is 0.791. The minimum atomic E-state index is -0.404. The Morgan fingerprint density at radius 1 is 1.07 bits per heavy atom. The van der Waals surface area contributed by atoms with Crippen molar-refractivity contribution in [2.45, 2.75) is 32.6 Å². The maximum absolute atomic E-state index is 13.9. The fourth-order valence-corrected chi connectivity index (χ4v) is 5.02. The Labute approximate surface area is 241 Å². The topological polar surface area (TPSA) is 101 Å². The van der Waals surface area contributed by atoms with Gasteiger partial charge < -0.3 is 34.4 Å². The van der Waals surface area contributed by atoms with Crippen LogP contribution in [0.2, 0.25) is 0 Å². The van der Waals surface area contributed by atoms with Crippen molar-refractivity contribution in [1.29, 1.82) is 0 Å². The summed E-state index contributed by atoms with van der Waals surface area (Å²) in [5, 5.41) is 12.9. The van der Waals surface area contributed by atoms with Gasteiger partial charge in [-0.1, -0.05) is 49.4 Å². The van der Waals surface area contributed by atoms with Gasteiger partial charge >= 0.3 is 6.03 Å². The van der Waals surface area contributed by atoms with E-state index in [1.165, 1.54) is 7.11 Å². The van der Waals surface area contributed by atoms with Gasteiger partial charge in [0.05, 0.1) is 45.3 Å². The van der Waals surface area contributed by atoms with Gasteiger partial charge in [0.25, 0.3) is 5.91 Å². The molecule has 0 saturated heterocycles. The van der Waals surface area contributed by atoms with Gasteiger partial charge in [-0.3, -0.25) is 4.79 Å². The van der Waals surface area contributed by atoms with E-state index in [9.17, 15) is 14.7 Å². The van der Waals surface area contributed by atoms with Crippen LogP contribution < -0.4 is 14.8 Å². The Balaban J connectivity index is 1.62. The molecule has 0 fully saturated rings. The van der Waals surface area contributed by atoms with Crippen molar-refractivity contribution in [3.8, 4) is 22.6 Å². The Hall–Kier alpha value is -4.08. The molecule has 0 bridgehead atoms. The average Bonchev–Trinajstić information content (AvgIpc) is 3.02. The van der Waals surface area contributed by atoms with Crippen molar-refractivity contribution in [1.82, 2.24) is 9.80 Å². The fourth-order valence-electron chi connectivity index (χ4n) is 5.02. The van der Waals surface area contributed by atoms with E-state index in [0.29, 0.717) is 35.9 Å². The lowest BCUT2D eigenvalue weighted by Crippen LogP contribution is -2.48. The molecule has 1 aliphatic rings. The number of nitrogens with one attached hydrogen (secondary N) is 1. The van der Waals surface area contributed by atoms with Crippen LogP contribution in [0.3, 0.4) is 0 Å². The molecule has 4 rings (SSSR count). The minimum Gasteiger partial charge on any atom is -0.497 e. The summed E-state index contributed by atoms with van der Waals surface area (Å²) in [7, 11) is 4.80. The molecule has 3 aromatic carbocycles. The van der Waals surface area contributed by atoms with Crippen LogP contribution >= 0.6 is 0 Å². The second kappa shape index (κ2) is 13.5. The summed E-state index contributed by atoms with van der Waals surface area (Å²) in [5.41, 5.74) is 3.78. The number of amides is 3. The molecule has 218 valence electrons. The van der Waals surface area contributed by atoms with E-state index >= 15 is 0 Å². The standard InChI is InChI=1S/C32H39N3O6/c1-21-17-35(22(2)19-36)31(37)27-13-9-8-12-26(27)25-11-7-6-10-23(25)20-41-30(21)18-34(3)32(38)33-28-15-14-24(39-4)16-29(28)40-5/h6-16,21-22,30,36H,17-20H2,1-5H3,(H,33,38)/t21-,22+,30+/m0/s1. The Bertz CT molecular complexity index is 1360. The first-order valence-corrected chi connectivity index (χ1v) is 13.7. The van der Waals surface area contributed by atoms with Crippen molar-refractivity contribution in [2.24, 2.45) is 5.92 Å². The summed E-state index contributed by atoms with van der Waals surface area (Å²) in [6.45, 7) is 4.59. The molecule has 1 heterocycles. The highest BCUT2D eigenvalue weighted by Gasteiger charge is 2.31. The maximum Gasteiger partial charge on any atom is 0.321 e. The number of hydrogen-bond acceptors (Lipinski definition) is 6. The SMILES string of the molecule is COc1ccc(NC(=O)N(C)C[C@H]2OCc3ccccc3-c3ccccc3C(=O)N([C@H](C)CO)C[C@@H]2C)c(OC)c1. The number of urea groups is 1. The van der Waals surface area contributed by atoms with Crippen molar-refractivity contribution in [3.63, 3.8) is 0 Å². The lowest BCUT2D eigenvalue weighted by molar-refractivity contribution is -0.0178. The molecule has 0 saturated carbocycles. The molecule has 9 heteroatoms. The third-order valence-corrected chi connectivity index (χ3v) is 7.55. The van der Waals surface area contributed by atoms with Crippen LogP contribution in [0, 0.1) is 5.92 Å². The molecule has 41 heavy (non-hydrogen) atoms. The average molecular weight is 562 g/mol. The molecule has 3 aromatic rings. The zero-order chi connectivity index (χ0) is 29.5. The van der Waals surface area contributed by atoms with Gasteiger partial charge in [0, 0.05) is 37.7 Å². The second-order valence-corrected chi connectivity index (χ2v) is 10.4. The van der Waals surface area contributed by atoms with E-state index in [2.05, 4.69) is 5.32 Å². The van der Waals surface area contributed by atoms with Crippen LogP contribution in [0.25, 0.3) is 11.1 Å². The van der Waals surface area contributed by atoms with E-state index in [1.807, 2.05) is 62.4 Å². The van der Waals surface area contributed by atoms with E-state index in [1.54, 1.807) is 42.2 Å². The quantitative estimate of drug-likeness (QED) is 0.426. The number of likely N-dealkylation sites (N-methyl/N-ethyl adjacent to an activating group) is 1. The molecular formula is C32H39N3O6. The number of aliphatic hydroxyl groups is 1. The van der Waals surface area contributed by atoms with Crippen LogP contribution in [0.4, 0.5) is 10.5 Å². The minimum absolute atomic E-state index is 0.151. The zero-order valence-corrected chi connectivity index (χ0v) is 24.3. The first-order valence-electron chi connectivity index (χ1n) is 13.7. The van der Waals surface area contributed by atoms with Crippen LogP contribution in [-0.4, -0.2) is 80.0 Å². The van der Waals surface area contributed by atoms with Gasteiger partial charge in [-0.25, -0.2) is 4.79 Å². The Morgan fingerprint density at radius 2 is 1.76 bits per heavy atom. The first-order chi connectivity index (χ1) is 19.8. The van der Waals surface area contributed by atoms with Crippen LogP contribution in [0.1, 0.15) is 29.8 Å². The van der Waals surface area contributed by atoms with Gasteiger partial charge in [-0.15, -0.1) is 0 Å². The van der Waals surface area contributed by atoms with Crippen molar-refractivity contribution < 1.29 is 28.9 Å². The van der Waals surface area contributed by atoms with Gasteiger partial charge in [0.1, 0.15) is 11.5 Å². The monoisotopic (exact) mass is 561 g/mol. The van der Waals surface area contributed by atoms with E-state index < -0.39 is 12.1 Å². The molecule has 2 N–H and O–H groups in total. The van der Waals surface area contributed by atoms with Gasteiger partial charge in [-0.2, -0.15) is 0 Å². The third-order valence-electron chi connectivity index (χ3n) is 7.55. The number of carbonyl (C=O) groups is 2. The maximum atomic E-state index is 13.9. The van der Waals surface area contributed by atoms with Crippen molar-refractivity contribution in [2.75, 3.05) is 46.3 Å². The molecule has 0 aromatic heterocycles. The number of fused-ring (bicyclic) bond motifs is 3. The van der Waals surface area contributed by atoms with Crippen LogP contribution in [0.5, 0.6) is 11.5 Å². The predicted octanol–water partition coefficient (Wildman–Crippen LogP) is 4.89. The van der Waals surface area contributed by atoms with Gasteiger partial charge in [0.15, 0.2) is 0 Å². The first kappa shape index (κ1) is 29.9. The largest absolute Gasteiger partial charge is 0.497 e. The molecule has 1 aliphatic heterocycles. The molecule has 3 atom stereocenters. The van der Waals surface area contributed by atoms with Gasteiger partial charge in [0.2, 0.25) is 0 Å². The summed E-state index contributed by atoms with van der Waals surface area (Å²) in [4.78, 5) is 30.5. The smallest absolute Gasteiger partial charge is 0.321 e.